The van der Waals surface area contributed by atoms with E-state index in [1.807, 2.05) is 136 Å². The van der Waals surface area contributed by atoms with E-state index in [9.17, 15) is 28.8 Å². The van der Waals surface area contributed by atoms with Gasteiger partial charge in [-0.05, 0) is 159 Å². The van der Waals surface area contributed by atoms with Crippen LogP contribution in [0.3, 0.4) is 0 Å². The minimum atomic E-state index is -0.148. The number of nitrogens with zero attached hydrogens (tertiary/aromatic N) is 20. The fourth-order valence-electron chi connectivity index (χ4n) is 21.0. The molecule has 18 aromatic rings. The Labute approximate surface area is 844 Å². The Kier molecular flexibility index (Phi) is 31.0. The van der Waals surface area contributed by atoms with Crippen LogP contribution < -0.4 is 47.6 Å². The largest absolute Gasteiger partial charge is 0.497 e. The number of fused-ring (bicyclic) bond motifs is 6. The van der Waals surface area contributed by atoms with Crippen molar-refractivity contribution in [1.29, 1.82) is 0 Å². The lowest BCUT2D eigenvalue weighted by Gasteiger charge is -2.12. The Bertz CT molecular complexity index is 8000. The quantitative estimate of drug-likeness (QED) is 0.0346. The highest BCUT2D eigenvalue weighted by Gasteiger charge is 2.28. The summed E-state index contributed by atoms with van der Waals surface area (Å²) in [6.07, 6.45) is 45.1. The van der Waals surface area contributed by atoms with Gasteiger partial charge in [0.2, 0.25) is 5.88 Å². The molecule has 0 radical (unpaired) electrons. The van der Waals surface area contributed by atoms with Gasteiger partial charge in [0.15, 0.2) is 45.5 Å². The van der Waals surface area contributed by atoms with Crippen molar-refractivity contribution in [2.45, 2.75) is 227 Å². The van der Waals surface area contributed by atoms with E-state index in [1.165, 1.54) is 160 Å². The predicted octanol–water partition coefficient (Wildman–Crippen LogP) is 18.7. The van der Waals surface area contributed by atoms with Crippen LogP contribution in [0.2, 0.25) is 10.0 Å². The highest BCUT2D eigenvalue weighted by Crippen LogP contribution is 2.36. The summed E-state index contributed by atoms with van der Waals surface area (Å²) in [6.45, 7) is 8.46. The molecule has 0 aliphatic heterocycles. The van der Waals surface area contributed by atoms with E-state index < -0.39 is 0 Å². The second kappa shape index (κ2) is 45.5. The molecule has 4 aromatic carbocycles. The molecule has 24 rings (SSSR count). The van der Waals surface area contributed by atoms with Gasteiger partial charge in [0.1, 0.15) is 84.5 Å². The van der Waals surface area contributed by atoms with E-state index in [0.717, 1.165) is 125 Å². The summed E-state index contributed by atoms with van der Waals surface area (Å²) in [6, 6.07) is 37.8. The summed E-state index contributed by atoms with van der Waals surface area (Å²) in [5, 5.41) is 30.5. The number of aromatic amines is 6. The van der Waals surface area contributed by atoms with Gasteiger partial charge in [-0.1, -0.05) is 215 Å². The first-order chi connectivity index (χ1) is 70.7. The van der Waals surface area contributed by atoms with Crippen molar-refractivity contribution >= 4 is 89.4 Å². The highest BCUT2D eigenvalue weighted by molar-refractivity contribution is 6.31. The molecule has 0 unspecified atom stereocenters. The van der Waals surface area contributed by atoms with Crippen LogP contribution in [0.1, 0.15) is 220 Å². The highest BCUT2D eigenvalue weighted by atomic mass is 35.5. The molecule has 6 aliphatic rings. The third-order valence-corrected chi connectivity index (χ3v) is 29.3. The lowest BCUT2D eigenvalue weighted by molar-refractivity contribution is 0.326. The van der Waals surface area contributed by atoms with Gasteiger partial charge in [0, 0.05) is 60.3 Å². The average Bonchev–Trinajstić information content (AvgIpc) is 1.65. The number of benzene rings is 4. The first-order valence-electron chi connectivity index (χ1n) is 50.9. The zero-order valence-corrected chi connectivity index (χ0v) is 84.0. The molecule has 0 spiro atoms. The number of hydrogen-bond donors (Lipinski definition) is 6. The SMILES string of the molecule is CCOc1cccc(-n2ncc3c(=O)[nH]c(CC4CCCC4)nc32)n1.CCc1cccc(-n2ncc3c(=O)[nH]c(CC4CCCC4)nc32)n1.COc1ccc(-n2ncc3c(=O)[nH]c(CC4CCCC4)nc32)cc1.COc1cccc(C)c1-n1ncc2c(=O)[nH]c(CC3CCCC3)nc21.Cc1cc(-n2ncc3c(=O)[nH]c(CC4CCCC4)nc32)ccc1Cl.O=c1[nH]c(CC2CCCC2)nc2c1cnn2-c1cccc(Cl)c1. The normalized spacial score (nSPS) is 15.3. The van der Waals surface area contributed by atoms with E-state index in [-0.39, 0.29) is 33.4 Å². The lowest BCUT2D eigenvalue weighted by Crippen LogP contribution is -2.15. The minimum Gasteiger partial charge on any atom is -0.497 e. The van der Waals surface area contributed by atoms with Crippen LogP contribution >= 0.6 is 23.2 Å². The van der Waals surface area contributed by atoms with Gasteiger partial charge >= 0.3 is 0 Å². The number of aryl methyl sites for hydroxylation is 3. The molecule has 14 aromatic heterocycles. The van der Waals surface area contributed by atoms with Crippen molar-refractivity contribution in [3.63, 3.8) is 0 Å². The number of methoxy groups -OCH3 is 2. The molecular weight excluding hydrogens is 1880 g/mol. The van der Waals surface area contributed by atoms with Gasteiger partial charge in [-0.15, -0.1) is 0 Å². The van der Waals surface area contributed by atoms with Gasteiger partial charge in [-0.3, -0.25) is 28.8 Å². The molecule has 6 saturated carbocycles. The van der Waals surface area contributed by atoms with Gasteiger partial charge in [-0.2, -0.15) is 44.9 Å². The zero-order valence-electron chi connectivity index (χ0n) is 82.5. The van der Waals surface area contributed by atoms with Crippen LogP contribution in [-0.4, -0.2) is 149 Å². The third kappa shape index (κ3) is 23.1. The average molecular weight is 2000 g/mol. The summed E-state index contributed by atoms with van der Waals surface area (Å²) < 4.78 is 26.2. The van der Waals surface area contributed by atoms with Crippen molar-refractivity contribution < 1.29 is 14.2 Å². The van der Waals surface area contributed by atoms with Crippen molar-refractivity contribution in [2.75, 3.05) is 20.8 Å². The molecule has 14 heterocycles. The van der Waals surface area contributed by atoms with Gasteiger partial charge in [0.25, 0.3) is 33.4 Å². The fraction of sp³-hybridized carbons (Fsp3) is 0.407. The van der Waals surface area contributed by atoms with E-state index in [0.29, 0.717) is 142 Å². The molecule has 0 amide bonds. The molecule has 6 aliphatic carbocycles. The molecule has 37 heteroatoms. The van der Waals surface area contributed by atoms with Crippen LogP contribution in [-0.2, 0) is 44.9 Å². The topological polar surface area (TPSA) is 435 Å². The standard InChI is InChI=1S/C19H22N4O2.C18H19ClN4O.C18H21N5O2.C18H21N5O.C18H20N4O2.C17H17ClN4O/c1-12-6-5-9-15(25-2)17(12)23-18-14(11-20-23)19(24)22-16(21-18)10-13-7-3-4-8-13;1-11-8-13(6-7-15(11)19)23-17-14(10-20-23)18(24)22-16(21-17)9-12-4-2-3-5-12;1-2-25-16-9-5-8-15(22-16)23-17-13(11-19-23)18(24)21-14(20-17)10-12-6-3-4-7-12;1-2-13-8-5-9-16(20-13)23-17-14(11-19-23)18(24)22-15(21-17)10-12-6-3-4-7-12;1-24-14-8-6-13(7-9-14)22-17-15(11-19-22)18(23)21-16(20-17)10-12-4-2-3-5-12;18-12-6-3-7-13(9-12)22-16-14(10-19-22)17(23)21-15(20-16)8-11-4-1-2-5-11/h5-6,9,11,13H,3-4,7-8,10H2,1-2H3,(H,21,22,24);6-8,10,12H,2-5,9H2,1H3,(H,21,22,24);5,8-9,11-12H,2-4,6-7,10H2,1H3,(H,20,21,24);5,8-9,11-12H,2-4,6-7,10H2,1H3,(H,21,22,24);6-9,11-12H,2-5,10H2,1H3,(H,20,21,23);3,6-7,9-11H,1-2,4-5,8H2,(H,20,21,23). The van der Waals surface area contributed by atoms with E-state index in [2.05, 4.69) is 87.4 Å². The molecule has 0 bridgehead atoms. The number of hydrogen-bond acceptors (Lipinski definition) is 23. The Balaban J connectivity index is 0.000000110. The maximum absolute atomic E-state index is 12.5. The Morgan fingerprint density at radius 2 is 0.648 bits per heavy atom. The first-order valence-corrected chi connectivity index (χ1v) is 51.7. The van der Waals surface area contributed by atoms with Crippen LogP contribution in [0.4, 0.5) is 0 Å². The molecule has 35 nitrogen and oxygen atoms in total. The number of rotatable bonds is 23. The fourth-order valence-corrected chi connectivity index (χ4v) is 21.4. The van der Waals surface area contributed by atoms with Gasteiger partial charge in [0.05, 0.1) is 75.1 Å². The Morgan fingerprint density at radius 1 is 0.324 bits per heavy atom. The maximum atomic E-state index is 12.5. The number of H-pyrrole nitrogens is 6. The number of pyridine rings is 2. The van der Waals surface area contributed by atoms with Gasteiger partial charge < -0.3 is 44.1 Å². The van der Waals surface area contributed by atoms with Crippen LogP contribution in [0.15, 0.2) is 187 Å². The smallest absolute Gasteiger partial charge is 0.262 e. The Hall–Kier alpha value is -14.7. The lowest BCUT2D eigenvalue weighted by atomic mass is 10.0. The number of aromatic nitrogens is 26. The molecule has 0 atom stereocenters. The van der Waals surface area contributed by atoms with Crippen molar-refractivity contribution in [1.82, 2.24) is 128 Å². The summed E-state index contributed by atoms with van der Waals surface area (Å²) in [4.78, 5) is 129. The number of ether oxygens (including phenoxy) is 3. The maximum Gasteiger partial charge on any atom is 0.262 e. The van der Waals surface area contributed by atoms with Crippen molar-refractivity contribution in [3.8, 4) is 51.8 Å². The van der Waals surface area contributed by atoms with Crippen LogP contribution in [0.25, 0.3) is 101 Å². The summed E-state index contributed by atoms with van der Waals surface area (Å²) in [7, 11) is 3.27. The summed E-state index contributed by atoms with van der Waals surface area (Å²) >= 11 is 12.2. The number of nitrogens with one attached hydrogen (secondary N) is 6. The van der Waals surface area contributed by atoms with E-state index in [1.54, 1.807) is 79.4 Å². The van der Waals surface area contributed by atoms with Gasteiger partial charge in [-0.25, -0.2) is 53.6 Å². The third-order valence-electron chi connectivity index (χ3n) is 28.6. The van der Waals surface area contributed by atoms with E-state index in [4.69, 9.17) is 57.3 Å². The zero-order chi connectivity index (χ0) is 100. The monoisotopic (exact) mass is 1990 g/mol. The molecular formula is C108H120Cl2N26O9. The predicted molar refractivity (Wildman–Crippen MR) is 560 cm³/mol. The first kappa shape index (κ1) is 99.0. The summed E-state index contributed by atoms with van der Waals surface area (Å²) in [5.74, 6) is 11.5. The summed E-state index contributed by atoms with van der Waals surface area (Å²) in [5.41, 5.74) is 9.07. The molecule has 145 heavy (non-hydrogen) atoms. The number of para-hydroxylation sites is 1. The number of halogens is 2. The molecule has 750 valence electrons. The Morgan fingerprint density at radius 3 is 1.01 bits per heavy atom. The van der Waals surface area contributed by atoms with Crippen LogP contribution in [0, 0.1) is 49.4 Å². The van der Waals surface area contributed by atoms with Crippen molar-refractivity contribution in [2.24, 2.45) is 35.5 Å². The molecule has 6 fully saturated rings. The molecule has 0 saturated heterocycles. The minimum absolute atomic E-state index is 0.118. The van der Waals surface area contributed by atoms with Crippen LogP contribution in [0.5, 0.6) is 17.4 Å². The molecule has 6 N–H and O–H groups in total. The van der Waals surface area contributed by atoms with Crippen molar-refractivity contribution in [3.05, 3.63) is 282 Å². The van der Waals surface area contributed by atoms with E-state index >= 15 is 0 Å². The second-order valence-electron chi connectivity index (χ2n) is 38.8. The second-order valence-corrected chi connectivity index (χ2v) is 39.7.